The second-order valence-electron chi connectivity index (χ2n) is 8.65. The molecule has 1 N–H and O–H groups in total. The molecule has 6 heteroatoms. The molecule has 32 heavy (non-hydrogen) atoms. The fourth-order valence-electron chi connectivity index (χ4n) is 4.31. The van der Waals surface area contributed by atoms with Gasteiger partial charge in [-0.3, -0.25) is 4.79 Å². The number of amides is 3. The molecule has 0 spiro atoms. The monoisotopic (exact) mass is 455 g/mol. The third kappa shape index (κ3) is 5.71. The van der Waals surface area contributed by atoms with Crippen LogP contribution in [0.3, 0.4) is 0 Å². The molecule has 2 atom stereocenters. The summed E-state index contributed by atoms with van der Waals surface area (Å²) in [4.78, 5) is 30.7. The van der Waals surface area contributed by atoms with Gasteiger partial charge in [-0.2, -0.15) is 0 Å². The molecule has 1 saturated heterocycles. The van der Waals surface area contributed by atoms with E-state index in [-0.39, 0.29) is 23.9 Å². The lowest BCUT2D eigenvalue weighted by Crippen LogP contribution is -2.48. The van der Waals surface area contributed by atoms with Crippen LogP contribution in [0.1, 0.15) is 74.9 Å². The maximum absolute atomic E-state index is 13.2. The summed E-state index contributed by atoms with van der Waals surface area (Å²) in [6, 6.07) is 12.7. The van der Waals surface area contributed by atoms with Crippen LogP contribution in [0.15, 0.2) is 41.8 Å². The zero-order valence-corrected chi connectivity index (χ0v) is 20.7. The molecule has 2 aromatic rings. The summed E-state index contributed by atoms with van der Waals surface area (Å²) in [5, 5.41) is 5.37. The number of likely N-dealkylation sites (tertiary alicyclic amines) is 1. The first-order valence-electron chi connectivity index (χ1n) is 12.0. The molecule has 174 valence electrons. The van der Waals surface area contributed by atoms with Crippen molar-refractivity contribution < 1.29 is 9.59 Å². The molecule has 2 heterocycles. The van der Waals surface area contributed by atoms with Gasteiger partial charge in [0.1, 0.15) is 0 Å². The van der Waals surface area contributed by atoms with E-state index in [4.69, 9.17) is 0 Å². The van der Waals surface area contributed by atoms with E-state index in [1.165, 1.54) is 5.56 Å². The van der Waals surface area contributed by atoms with E-state index in [1.807, 2.05) is 29.7 Å². The van der Waals surface area contributed by atoms with E-state index in [2.05, 4.69) is 54.9 Å². The van der Waals surface area contributed by atoms with E-state index >= 15 is 0 Å². The van der Waals surface area contributed by atoms with Crippen molar-refractivity contribution in [1.82, 2.24) is 15.1 Å². The number of urea groups is 1. The maximum atomic E-state index is 13.2. The highest BCUT2D eigenvalue weighted by Gasteiger charge is 2.30. The van der Waals surface area contributed by atoms with Gasteiger partial charge in [0, 0.05) is 37.0 Å². The molecule has 1 aliphatic rings. The summed E-state index contributed by atoms with van der Waals surface area (Å²) in [7, 11) is 0. The average molecular weight is 456 g/mol. The van der Waals surface area contributed by atoms with Crippen molar-refractivity contribution >= 4 is 23.3 Å². The number of nitrogens with zero attached hydrogens (tertiary/aromatic N) is 2. The van der Waals surface area contributed by atoms with Crippen molar-refractivity contribution in [1.29, 1.82) is 0 Å². The number of thiophene rings is 1. The van der Waals surface area contributed by atoms with E-state index in [9.17, 15) is 9.59 Å². The van der Waals surface area contributed by atoms with Crippen molar-refractivity contribution in [3.05, 3.63) is 57.8 Å². The molecular weight excluding hydrogens is 418 g/mol. The van der Waals surface area contributed by atoms with Crippen molar-refractivity contribution in [2.45, 2.75) is 58.9 Å². The molecule has 1 aromatic heterocycles. The standard InChI is InChI=1S/C26H37N3O2S/c1-5-19(4)20-10-12-21(13-11-20)24(23-9-8-18-32-23)27-25(30)22-14-16-29(17-15-22)26(31)28(6-2)7-3/h8-13,18-19,22,24H,5-7,14-17H2,1-4H3,(H,27,30). The Balaban J connectivity index is 1.66. The van der Waals surface area contributed by atoms with Crippen LogP contribution in [-0.4, -0.2) is 47.9 Å². The van der Waals surface area contributed by atoms with Gasteiger partial charge in [0.15, 0.2) is 0 Å². The van der Waals surface area contributed by atoms with Gasteiger partial charge < -0.3 is 15.1 Å². The Bertz CT molecular complexity index is 854. The van der Waals surface area contributed by atoms with Gasteiger partial charge >= 0.3 is 6.03 Å². The highest BCUT2D eigenvalue weighted by molar-refractivity contribution is 7.10. The molecule has 1 fully saturated rings. The number of carbonyl (C=O) groups is 2. The van der Waals surface area contributed by atoms with Crippen LogP contribution in [0.5, 0.6) is 0 Å². The second kappa shape index (κ2) is 11.5. The fraction of sp³-hybridized carbons (Fsp3) is 0.538. The van der Waals surface area contributed by atoms with Crippen LogP contribution < -0.4 is 5.32 Å². The summed E-state index contributed by atoms with van der Waals surface area (Å²) in [5.41, 5.74) is 2.44. The number of benzene rings is 1. The largest absolute Gasteiger partial charge is 0.344 e. The third-order valence-corrected chi connectivity index (χ3v) is 7.67. The van der Waals surface area contributed by atoms with Gasteiger partial charge in [0.2, 0.25) is 5.91 Å². The Morgan fingerprint density at radius 1 is 1.06 bits per heavy atom. The normalized spacial score (nSPS) is 16.4. The topological polar surface area (TPSA) is 52.7 Å². The zero-order chi connectivity index (χ0) is 23.1. The van der Waals surface area contributed by atoms with Crippen molar-refractivity contribution in [2.24, 2.45) is 5.92 Å². The van der Waals surface area contributed by atoms with Crippen molar-refractivity contribution in [2.75, 3.05) is 26.2 Å². The minimum Gasteiger partial charge on any atom is -0.344 e. The summed E-state index contributed by atoms with van der Waals surface area (Å²) >= 11 is 1.67. The lowest BCUT2D eigenvalue weighted by atomic mass is 9.93. The summed E-state index contributed by atoms with van der Waals surface area (Å²) in [5.74, 6) is 0.560. The SMILES string of the molecule is CCC(C)c1ccc(C(NC(=O)C2CCN(C(=O)N(CC)CC)CC2)c2cccs2)cc1. The highest BCUT2D eigenvalue weighted by Crippen LogP contribution is 2.29. The first-order valence-corrected chi connectivity index (χ1v) is 12.8. The number of hydrogen-bond acceptors (Lipinski definition) is 3. The lowest BCUT2D eigenvalue weighted by molar-refractivity contribution is -0.126. The number of piperidine rings is 1. The van der Waals surface area contributed by atoms with Gasteiger partial charge in [-0.1, -0.05) is 44.2 Å². The molecule has 3 amide bonds. The molecule has 1 aromatic carbocycles. The van der Waals surface area contributed by atoms with Crippen LogP contribution in [-0.2, 0) is 4.79 Å². The second-order valence-corrected chi connectivity index (χ2v) is 9.63. The smallest absolute Gasteiger partial charge is 0.319 e. The first-order chi connectivity index (χ1) is 15.5. The van der Waals surface area contributed by atoms with Gasteiger partial charge in [-0.15, -0.1) is 11.3 Å². The molecule has 0 aliphatic carbocycles. The molecule has 5 nitrogen and oxygen atoms in total. The quantitative estimate of drug-likeness (QED) is 0.560. The minimum atomic E-state index is -0.135. The van der Waals surface area contributed by atoms with E-state index in [0.717, 1.165) is 16.9 Å². The maximum Gasteiger partial charge on any atom is 0.319 e. The molecule has 0 saturated carbocycles. The highest BCUT2D eigenvalue weighted by atomic mass is 32.1. The fourth-order valence-corrected chi connectivity index (χ4v) is 5.12. The minimum absolute atomic E-state index is 0.0578. The van der Waals surface area contributed by atoms with E-state index in [0.29, 0.717) is 44.9 Å². The zero-order valence-electron chi connectivity index (χ0n) is 19.8. The van der Waals surface area contributed by atoms with E-state index < -0.39 is 0 Å². The predicted molar refractivity (Wildman–Crippen MR) is 132 cm³/mol. The molecule has 1 aliphatic heterocycles. The molecule has 0 bridgehead atoms. The Labute approximate surface area is 196 Å². The number of carbonyl (C=O) groups excluding carboxylic acids is 2. The Morgan fingerprint density at radius 3 is 2.22 bits per heavy atom. The van der Waals surface area contributed by atoms with Gasteiger partial charge in [0.25, 0.3) is 0 Å². The van der Waals surface area contributed by atoms with Crippen LogP contribution in [0.2, 0.25) is 0 Å². The van der Waals surface area contributed by atoms with Gasteiger partial charge in [-0.05, 0) is 61.6 Å². The number of nitrogens with one attached hydrogen (secondary N) is 1. The predicted octanol–water partition coefficient (Wildman–Crippen LogP) is 5.64. The molecule has 0 radical (unpaired) electrons. The Morgan fingerprint density at radius 2 is 1.69 bits per heavy atom. The van der Waals surface area contributed by atoms with E-state index in [1.54, 1.807) is 11.3 Å². The van der Waals surface area contributed by atoms with Crippen LogP contribution in [0.4, 0.5) is 4.79 Å². The number of rotatable bonds is 8. The summed E-state index contributed by atoms with van der Waals surface area (Å²) in [6.07, 6.45) is 2.53. The van der Waals surface area contributed by atoms with Gasteiger partial charge in [-0.25, -0.2) is 4.79 Å². The van der Waals surface area contributed by atoms with Crippen molar-refractivity contribution in [3.63, 3.8) is 0 Å². The third-order valence-electron chi connectivity index (χ3n) is 6.74. The van der Waals surface area contributed by atoms with Crippen LogP contribution in [0, 0.1) is 5.92 Å². The molecule has 3 rings (SSSR count). The number of hydrogen-bond donors (Lipinski definition) is 1. The molecule has 2 unspecified atom stereocenters. The van der Waals surface area contributed by atoms with Crippen molar-refractivity contribution in [3.8, 4) is 0 Å². The van der Waals surface area contributed by atoms with Crippen LogP contribution >= 0.6 is 11.3 Å². The lowest BCUT2D eigenvalue weighted by Gasteiger charge is -2.35. The van der Waals surface area contributed by atoms with Gasteiger partial charge in [0.05, 0.1) is 6.04 Å². The first kappa shape index (κ1) is 24.3. The summed E-state index contributed by atoms with van der Waals surface area (Å²) < 4.78 is 0. The van der Waals surface area contributed by atoms with Crippen LogP contribution in [0.25, 0.3) is 0 Å². The summed E-state index contributed by atoms with van der Waals surface area (Å²) in [6.45, 7) is 11.2. The Hall–Kier alpha value is -2.34. The molecular formula is C26H37N3O2S. The Kier molecular flexibility index (Phi) is 8.74. The average Bonchev–Trinajstić information content (AvgIpc) is 3.37.